The standard InChI is InChI=1S/C42B26O/c43-15-9(28(56)40(68)42-13(15)14-29(57)24(52)11-12(41(14)69-42)30(58)38(66)35(63)27(11)55)10-22(50)20(48)7(21(49)23(10)51)1-3-5(18(46)33(61)31(59)16(3)44)2(6-4(1)17(45)32(60)34(62)19(6)47)8-25(53)36(64)39(67)37(65)26(8)54. The van der Waals surface area contributed by atoms with Crippen molar-refractivity contribution in [2.75, 3.05) is 0 Å². The van der Waals surface area contributed by atoms with Crippen molar-refractivity contribution in [3.8, 4) is 33.4 Å². The van der Waals surface area contributed by atoms with Crippen LogP contribution in [0.15, 0.2) is 4.42 Å². The van der Waals surface area contributed by atoms with Crippen molar-refractivity contribution in [1.29, 1.82) is 0 Å². The van der Waals surface area contributed by atoms with Crippen molar-refractivity contribution in [3.05, 3.63) is 0 Å². The van der Waals surface area contributed by atoms with Gasteiger partial charge in [-0.1, -0.05) is 92.9 Å². The second kappa shape index (κ2) is 16.8. The Balaban J connectivity index is 1.49. The Morgan fingerprint density at radius 1 is 0.130 bits per heavy atom. The molecule has 0 saturated heterocycles. The van der Waals surface area contributed by atoms with Gasteiger partial charge in [0, 0.05) is 16.2 Å². The predicted octanol–water partition coefficient (Wildman–Crippen LogP) is -19.3. The third-order valence-electron chi connectivity index (χ3n) is 13.4. The first-order valence-electron chi connectivity index (χ1n) is 20.2. The molecule has 0 N–H and O–H groups in total. The summed E-state index contributed by atoms with van der Waals surface area (Å²) in [7, 11) is 174. The van der Waals surface area contributed by atoms with Gasteiger partial charge in [0.2, 0.25) is 0 Å². The summed E-state index contributed by atoms with van der Waals surface area (Å²) in [5.74, 6) is 0. The molecule has 0 unspecified atom stereocenters. The first-order chi connectivity index (χ1) is 32.2. The van der Waals surface area contributed by atoms with Gasteiger partial charge < -0.3 is 4.42 Å². The number of hydrogen-bond donors (Lipinski definition) is 0. The molecular formula is C42B26O. The molecule has 8 aromatic carbocycles. The van der Waals surface area contributed by atoms with E-state index in [4.69, 9.17) is 208 Å². The molecular weight excluding hydrogens is 802 g/mol. The monoisotopic (exact) mass is 806 g/mol. The second-order valence-corrected chi connectivity index (χ2v) is 16.8. The lowest BCUT2D eigenvalue weighted by Crippen LogP contribution is -2.55. The highest BCUT2D eigenvalue weighted by atomic mass is 16.3. The van der Waals surface area contributed by atoms with Gasteiger partial charge in [-0.05, 0) is 60.3 Å². The van der Waals surface area contributed by atoms with Crippen LogP contribution in [-0.4, -0.2) is 204 Å². The Bertz CT molecular complexity index is 3830. The van der Waals surface area contributed by atoms with Crippen molar-refractivity contribution >= 4 is 400 Å². The second-order valence-electron chi connectivity index (χ2n) is 16.8. The van der Waals surface area contributed by atoms with Gasteiger partial charge in [0.1, 0.15) is 215 Å². The van der Waals surface area contributed by atoms with E-state index in [1.165, 1.54) is 0 Å². The summed E-state index contributed by atoms with van der Waals surface area (Å²) in [6.07, 6.45) is 0. The molecule has 0 aliphatic rings. The lowest BCUT2D eigenvalue weighted by atomic mass is 9.55. The minimum Gasteiger partial charge on any atom is -0.456 e. The maximum Gasteiger partial charge on any atom is 0.141 e. The van der Waals surface area contributed by atoms with Crippen LogP contribution < -0.4 is 142 Å². The summed E-state index contributed by atoms with van der Waals surface area (Å²) >= 11 is 0. The highest BCUT2D eigenvalue weighted by molar-refractivity contribution is 6.77. The third-order valence-corrected chi connectivity index (χ3v) is 13.4. The van der Waals surface area contributed by atoms with Crippen LogP contribution in [0.3, 0.4) is 0 Å². The largest absolute Gasteiger partial charge is 0.456 e. The molecule has 0 atom stereocenters. The van der Waals surface area contributed by atoms with Crippen LogP contribution in [0.25, 0.3) is 87.6 Å². The van der Waals surface area contributed by atoms with Crippen molar-refractivity contribution < 1.29 is 4.42 Å². The van der Waals surface area contributed by atoms with Crippen LogP contribution in [0.5, 0.6) is 0 Å². The zero-order valence-electron chi connectivity index (χ0n) is 36.4. The minimum atomic E-state index is -0.255. The zero-order valence-corrected chi connectivity index (χ0v) is 36.4. The quantitative estimate of drug-likeness (QED) is 0.128. The summed E-state index contributed by atoms with van der Waals surface area (Å²) in [6.45, 7) is 0. The van der Waals surface area contributed by atoms with Gasteiger partial charge in [-0.25, -0.2) is 0 Å². The predicted molar refractivity (Wildman–Crippen MR) is 323 cm³/mol. The van der Waals surface area contributed by atoms with Crippen LogP contribution in [-0.2, 0) is 0 Å². The number of furan rings is 1. The summed E-state index contributed by atoms with van der Waals surface area (Å²) in [5.41, 5.74) is -3.73. The van der Waals surface area contributed by atoms with Gasteiger partial charge in [0.05, 0.1) is 0 Å². The molecule has 0 amide bonds. The van der Waals surface area contributed by atoms with Crippen LogP contribution in [0, 0.1) is 0 Å². The zero-order chi connectivity index (χ0) is 51.0. The Morgan fingerprint density at radius 3 is 0.681 bits per heavy atom. The fraction of sp³-hybridized carbons (Fsp3) is 0. The van der Waals surface area contributed by atoms with E-state index >= 15 is 0 Å². The van der Waals surface area contributed by atoms with Gasteiger partial charge in [-0.15, -0.1) is 49.2 Å². The maximum atomic E-state index is 7.14. The van der Waals surface area contributed by atoms with Gasteiger partial charge in [-0.2, -0.15) is 0 Å². The molecule has 0 aliphatic heterocycles. The van der Waals surface area contributed by atoms with E-state index in [0.29, 0.717) is 0 Å². The summed E-state index contributed by atoms with van der Waals surface area (Å²) < 4.78 is 6.35. The van der Waals surface area contributed by atoms with Crippen LogP contribution in [0.4, 0.5) is 0 Å². The van der Waals surface area contributed by atoms with Gasteiger partial charge in [0.15, 0.2) is 0 Å². The Morgan fingerprint density at radius 2 is 0.319 bits per heavy atom. The highest BCUT2D eigenvalue weighted by Gasteiger charge is 2.30. The van der Waals surface area contributed by atoms with E-state index in [-0.39, 0.29) is 230 Å². The van der Waals surface area contributed by atoms with Crippen molar-refractivity contribution in [1.82, 2.24) is 0 Å². The molecule has 1 aromatic heterocycles. The molecule has 69 heavy (non-hydrogen) atoms. The lowest BCUT2D eigenvalue weighted by Gasteiger charge is -2.33. The lowest BCUT2D eigenvalue weighted by molar-refractivity contribution is 0.676. The normalized spacial score (nSPS) is 11.8. The smallest absolute Gasteiger partial charge is 0.141 e. The number of hydrogen-bond acceptors (Lipinski definition) is 1. The molecule has 52 radical (unpaired) electrons. The SMILES string of the molecule is [B]c1c([B])c([B])c(-c2c3c([B])c([B])c([B])c([B])c3c(-c3c([B])c([B])c(-c4c([B])c([B])c5oc6c7c([B])c([B])c([B])c([B])c7c([B])c([B])c6c5c4[B])c([B])c3[B])c3c([B])c([B])c([B])c([B])c23)c([B])c1[B]. The highest BCUT2D eigenvalue weighted by Crippen LogP contribution is 2.39. The Hall–Kier alpha value is -3.97. The van der Waals surface area contributed by atoms with E-state index in [2.05, 4.69) is 0 Å². The molecule has 252 valence electrons. The number of rotatable bonds is 3. The van der Waals surface area contributed by atoms with E-state index in [1.807, 2.05) is 0 Å². The average Bonchev–Trinajstić information content (AvgIpc) is 3.73. The molecule has 0 saturated carbocycles. The van der Waals surface area contributed by atoms with E-state index < -0.39 is 0 Å². The summed E-state index contributed by atoms with van der Waals surface area (Å²) in [6, 6.07) is 0. The first kappa shape index (κ1) is 50.0. The molecule has 27 heteroatoms. The van der Waals surface area contributed by atoms with Crippen LogP contribution in [0.1, 0.15) is 0 Å². The molecule has 9 aromatic rings. The molecule has 0 aliphatic carbocycles. The number of benzene rings is 8. The topological polar surface area (TPSA) is 13.1 Å². The minimum absolute atomic E-state index is 0.00490. The van der Waals surface area contributed by atoms with Crippen LogP contribution >= 0.6 is 0 Å². The Labute approximate surface area is 435 Å². The van der Waals surface area contributed by atoms with Crippen LogP contribution in [0.2, 0.25) is 0 Å². The van der Waals surface area contributed by atoms with Crippen molar-refractivity contribution in [3.63, 3.8) is 0 Å². The molecule has 9 rings (SSSR count). The molecule has 0 bridgehead atoms. The van der Waals surface area contributed by atoms with Gasteiger partial charge >= 0.3 is 0 Å². The fourth-order valence-electron chi connectivity index (χ4n) is 9.65. The molecule has 0 fully saturated rings. The fourth-order valence-corrected chi connectivity index (χ4v) is 9.65. The van der Waals surface area contributed by atoms with E-state index in [0.717, 1.165) is 0 Å². The summed E-state index contributed by atoms with van der Waals surface area (Å²) in [4.78, 5) is 0. The van der Waals surface area contributed by atoms with Gasteiger partial charge in [-0.3, -0.25) is 0 Å². The average molecular weight is 802 g/mol. The van der Waals surface area contributed by atoms with Crippen molar-refractivity contribution in [2.45, 2.75) is 0 Å². The summed E-state index contributed by atoms with van der Waals surface area (Å²) in [5, 5.41) is 0.689. The van der Waals surface area contributed by atoms with Crippen molar-refractivity contribution in [2.24, 2.45) is 0 Å². The van der Waals surface area contributed by atoms with E-state index in [1.54, 1.807) is 0 Å². The van der Waals surface area contributed by atoms with E-state index in [9.17, 15) is 0 Å². The maximum absolute atomic E-state index is 7.14. The molecule has 1 nitrogen and oxygen atoms in total. The third kappa shape index (κ3) is 6.41. The Kier molecular flexibility index (Phi) is 12.2. The molecule has 0 spiro atoms. The molecule has 1 heterocycles. The first-order valence-corrected chi connectivity index (χ1v) is 20.2. The van der Waals surface area contributed by atoms with Gasteiger partial charge in [0.25, 0.3) is 0 Å². The number of fused-ring (bicyclic) bond motifs is 7.